The van der Waals surface area contributed by atoms with Gasteiger partial charge in [0.05, 0.1) is 18.1 Å². The normalized spacial score (nSPS) is 29.7. The van der Waals surface area contributed by atoms with E-state index in [2.05, 4.69) is 0 Å². The Hall–Kier alpha value is -1.14. The number of carboxylic acids is 1. The lowest BCUT2D eigenvalue weighted by Crippen LogP contribution is -2.43. The van der Waals surface area contributed by atoms with Gasteiger partial charge in [0, 0.05) is 19.7 Å². The molecule has 0 aromatic rings. The van der Waals surface area contributed by atoms with E-state index >= 15 is 0 Å². The molecule has 1 N–H and O–H groups in total. The largest absolute Gasteiger partial charge is 0.481 e. The van der Waals surface area contributed by atoms with Crippen LogP contribution in [0.5, 0.6) is 0 Å². The van der Waals surface area contributed by atoms with Crippen molar-refractivity contribution in [2.45, 2.75) is 58.7 Å². The third-order valence-electron chi connectivity index (χ3n) is 5.30. The number of carboxylic acid groups (broad SMARTS) is 1. The van der Waals surface area contributed by atoms with Crippen LogP contribution in [0.3, 0.4) is 0 Å². The molecule has 3 atom stereocenters. The maximum absolute atomic E-state index is 12.5. The van der Waals surface area contributed by atoms with Gasteiger partial charge in [-0.2, -0.15) is 0 Å². The van der Waals surface area contributed by atoms with Crippen molar-refractivity contribution in [2.24, 2.45) is 11.3 Å². The fourth-order valence-electron chi connectivity index (χ4n) is 3.43. The molecular formula is C17H29NO5. The van der Waals surface area contributed by atoms with E-state index in [-0.39, 0.29) is 24.5 Å². The number of hydrogen-bond acceptors (Lipinski definition) is 4. The number of aliphatic carboxylic acids is 1. The molecule has 2 rings (SSSR count). The Bertz CT molecular complexity index is 433. The summed E-state index contributed by atoms with van der Waals surface area (Å²) in [5, 5.41) is 9.56. The first kappa shape index (κ1) is 18.2. The van der Waals surface area contributed by atoms with E-state index < -0.39 is 17.5 Å². The fourth-order valence-corrected chi connectivity index (χ4v) is 3.43. The Labute approximate surface area is 138 Å². The number of hydrogen-bond donors (Lipinski definition) is 1. The first-order valence-corrected chi connectivity index (χ1v) is 8.62. The Morgan fingerprint density at radius 1 is 1.35 bits per heavy atom. The highest BCUT2D eigenvalue weighted by Gasteiger charge is 2.49. The summed E-state index contributed by atoms with van der Waals surface area (Å²) in [6, 6.07) is 0. The molecule has 0 spiro atoms. The van der Waals surface area contributed by atoms with Crippen molar-refractivity contribution < 1.29 is 24.2 Å². The monoisotopic (exact) mass is 327 g/mol. The van der Waals surface area contributed by atoms with Gasteiger partial charge in [-0.3, -0.25) is 9.59 Å². The second-order valence-corrected chi connectivity index (χ2v) is 7.09. The van der Waals surface area contributed by atoms with Crippen LogP contribution in [0.4, 0.5) is 0 Å². The summed E-state index contributed by atoms with van der Waals surface area (Å²) in [5.74, 6) is -0.943. The summed E-state index contributed by atoms with van der Waals surface area (Å²) in [4.78, 5) is 25.8. The minimum absolute atomic E-state index is 0.00957. The summed E-state index contributed by atoms with van der Waals surface area (Å²) in [6.07, 6.45) is 3.22. The predicted octanol–water partition coefficient (Wildman–Crippen LogP) is 1.92. The fraction of sp³-hybridized carbons (Fsp3) is 0.882. The van der Waals surface area contributed by atoms with E-state index in [1.54, 1.807) is 11.8 Å². The van der Waals surface area contributed by atoms with Crippen LogP contribution >= 0.6 is 0 Å². The van der Waals surface area contributed by atoms with Gasteiger partial charge in [0.1, 0.15) is 6.10 Å². The average molecular weight is 327 g/mol. The van der Waals surface area contributed by atoms with Crippen molar-refractivity contribution in [1.82, 2.24) is 4.90 Å². The summed E-state index contributed by atoms with van der Waals surface area (Å²) >= 11 is 0. The highest BCUT2D eigenvalue weighted by molar-refractivity contribution is 5.83. The van der Waals surface area contributed by atoms with Crippen molar-refractivity contribution in [3.63, 3.8) is 0 Å². The summed E-state index contributed by atoms with van der Waals surface area (Å²) in [7, 11) is 0. The Morgan fingerprint density at radius 2 is 2.09 bits per heavy atom. The molecule has 2 aliphatic rings. The van der Waals surface area contributed by atoms with E-state index in [4.69, 9.17) is 9.47 Å². The maximum Gasteiger partial charge on any atom is 0.311 e. The molecule has 23 heavy (non-hydrogen) atoms. The molecule has 2 aliphatic heterocycles. The maximum atomic E-state index is 12.5. The third kappa shape index (κ3) is 4.04. The number of ether oxygens (including phenoxy) is 2. The van der Waals surface area contributed by atoms with E-state index in [1.807, 2.05) is 13.8 Å². The van der Waals surface area contributed by atoms with Crippen molar-refractivity contribution in [2.75, 3.05) is 26.3 Å². The topological polar surface area (TPSA) is 76.1 Å². The molecule has 2 heterocycles. The zero-order valence-electron chi connectivity index (χ0n) is 14.4. The molecule has 2 saturated heterocycles. The summed E-state index contributed by atoms with van der Waals surface area (Å²) in [5.41, 5.74) is -0.831. The van der Waals surface area contributed by atoms with Gasteiger partial charge in [-0.15, -0.1) is 0 Å². The molecule has 0 aliphatic carbocycles. The standard InChI is InChI=1S/C17H29NO5/c1-12(2)17(16(20)21)7-8-18(11-17)15(19)13(3)23-10-14-6-4-5-9-22-14/h12-14H,4-11H2,1-3H3,(H,20,21). The first-order valence-electron chi connectivity index (χ1n) is 8.62. The molecule has 6 heteroatoms. The molecule has 6 nitrogen and oxygen atoms in total. The molecule has 1 amide bonds. The molecule has 0 radical (unpaired) electrons. The van der Waals surface area contributed by atoms with Crippen LogP contribution in [-0.4, -0.2) is 60.4 Å². The highest BCUT2D eigenvalue weighted by atomic mass is 16.5. The quantitative estimate of drug-likeness (QED) is 0.806. The van der Waals surface area contributed by atoms with E-state index in [9.17, 15) is 14.7 Å². The van der Waals surface area contributed by atoms with Crippen LogP contribution in [0.2, 0.25) is 0 Å². The van der Waals surface area contributed by atoms with Gasteiger partial charge >= 0.3 is 5.97 Å². The average Bonchev–Trinajstić information content (AvgIpc) is 2.99. The van der Waals surface area contributed by atoms with Crippen molar-refractivity contribution in [3.05, 3.63) is 0 Å². The van der Waals surface area contributed by atoms with Crippen LogP contribution in [0.15, 0.2) is 0 Å². The molecule has 0 saturated carbocycles. The number of likely N-dealkylation sites (tertiary alicyclic amines) is 1. The number of carbonyl (C=O) groups excluding carboxylic acids is 1. The Balaban J connectivity index is 1.86. The zero-order valence-corrected chi connectivity index (χ0v) is 14.4. The van der Waals surface area contributed by atoms with Gasteiger partial charge in [-0.25, -0.2) is 0 Å². The van der Waals surface area contributed by atoms with Gasteiger partial charge in [-0.1, -0.05) is 13.8 Å². The van der Waals surface area contributed by atoms with Crippen molar-refractivity contribution >= 4 is 11.9 Å². The first-order chi connectivity index (χ1) is 10.9. The number of carbonyl (C=O) groups is 2. The van der Waals surface area contributed by atoms with Gasteiger partial charge in [0.2, 0.25) is 0 Å². The third-order valence-corrected chi connectivity index (χ3v) is 5.30. The summed E-state index contributed by atoms with van der Waals surface area (Å²) in [6.45, 7) is 7.49. The molecular weight excluding hydrogens is 298 g/mol. The molecule has 0 bridgehead atoms. The molecule has 0 aromatic carbocycles. The van der Waals surface area contributed by atoms with Gasteiger partial charge in [-0.05, 0) is 38.5 Å². The van der Waals surface area contributed by atoms with E-state index in [1.165, 1.54) is 0 Å². The van der Waals surface area contributed by atoms with Gasteiger partial charge in [0.25, 0.3) is 5.91 Å². The van der Waals surface area contributed by atoms with E-state index in [0.717, 1.165) is 25.9 Å². The molecule has 2 fully saturated rings. The SMILES string of the molecule is CC(OCC1CCCCO1)C(=O)N1CCC(C(=O)O)(C(C)C)C1. The predicted molar refractivity (Wildman–Crippen MR) is 85.1 cm³/mol. The van der Waals surface area contributed by atoms with Crippen LogP contribution in [0.25, 0.3) is 0 Å². The van der Waals surface area contributed by atoms with Gasteiger partial charge < -0.3 is 19.5 Å². The zero-order chi connectivity index (χ0) is 17.0. The van der Waals surface area contributed by atoms with Crippen LogP contribution in [-0.2, 0) is 19.1 Å². The lowest BCUT2D eigenvalue weighted by molar-refractivity contribution is -0.152. The van der Waals surface area contributed by atoms with E-state index in [0.29, 0.717) is 19.6 Å². The number of rotatable bonds is 6. The molecule has 132 valence electrons. The number of nitrogens with zero attached hydrogens (tertiary/aromatic N) is 1. The smallest absolute Gasteiger partial charge is 0.311 e. The van der Waals surface area contributed by atoms with Crippen molar-refractivity contribution in [3.8, 4) is 0 Å². The number of amides is 1. The minimum Gasteiger partial charge on any atom is -0.481 e. The summed E-state index contributed by atoms with van der Waals surface area (Å²) < 4.78 is 11.3. The molecule has 0 aromatic heterocycles. The van der Waals surface area contributed by atoms with Gasteiger partial charge in [0.15, 0.2) is 0 Å². The second kappa shape index (κ2) is 7.62. The van der Waals surface area contributed by atoms with Crippen LogP contribution in [0.1, 0.15) is 46.5 Å². The lowest BCUT2D eigenvalue weighted by atomic mass is 9.76. The van der Waals surface area contributed by atoms with Crippen LogP contribution in [0, 0.1) is 11.3 Å². The van der Waals surface area contributed by atoms with Crippen LogP contribution < -0.4 is 0 Å². The Kier molecular flexibility index (Phi) is 6.03. The Morgan fingerprint density at radius 3 is 2.61 bits per heavy atom. The van der Waals surface area contributed by atoms with Crippen molar-refractivity contribution in [1.29, 1.82) is 0 Å². The highest BCUT2D eigenvalue weighted by Crippen LogP contribution is 2.38. The minimum atomic E-state index is -0.831. The lowest BCUT2D eigenvalue weighted by Gasteiger charge is -2.29. The molecule has 3 unspecified atom stereocenters. The second-order valence-electron chi connectivity index (χ2n) is 7.09.